The molecular formula is C16H24N2O5. The minimum absolute atomic E-state index is 0.132. The van der Waals surface area contributed by atoms with E-state index in [0.717, 1.165) is 17.5 Å². The van der Waals surface area contributed by atoms with E-state index in [2.05, 4.69) is 10.6 Å². The van der Waals surface area contributed by atoms with Gasteiger partial charge < -0.3 is 29.7 Å². The van der Waals surface area contributed by atoms with Crippen molar-refractivity contribution < 1.29 is 23.8 Å². The van der Waals surface area contributed by atoms with Gasteiger partial charge in [0.25, 0.3) is 0 Å². The Labute approximate surface area is 135 Å². The number of aliphatic hydroxyl groups excluding tert-OH is 1. The highest BCUT2D eigenvalue weighted by atomic mass is 16.4. The Morgan fingerprint density at radius 1 is 1.09 bits per heavy atom. The molecule has 128 valence electrons. The van der Waals surface area contributed by atoms with E-state index in [9.17, 15) is 4.79 Å². The smallest absolute Gasteiger partial charge is 0.321 e. The number of aliphatic hydroxyl groups is 1. The van der Waals surface area contributed by atoms with Gasteiger partial charge in [0.05, 0.1) is 31.7 Å². The van der Waals surface area contributed by atoms with Crippen molar-refractivity contribution in [3.8, 4) is 0 Å². The number of likely N-dealkylation sites (N-methyl/N-ethyl adjacent to an activating group) is 2. The Kier molecular flexibility index (Phi) is 8.74. The fraction of sp³-hybridized carbons (Fsp3) is 0.438. The van der Waals surface area contributed by atoms with Crippen molar-refractivity contribution in [2.24, 2.45) is 0 Å². The topological polar surface area (TPSA) is 108 Å². The molecule has 0 radical (unpaired) electrons. The first-order valence-electron chi connectivity index (χ1n) is 7.31. The van der Waals surface area contributed by atoms with Crippen LogP contribution in [-0.4, -0.2) is 49.0 Å². The number of nitrogens with one attached hydrogen (secondary N) is 2. The molecule has 0 saturated carbocycles. The van der Waals surface area contributed by atoms with Gasteiger partial charge in [-0.05, 0) is 43.8 Å². The molecule has 2 atom stereocenters. The summed E-state index contributed by atoms with van der Waals surface area (Å²) in [6, 6.07) is 3.25. The first kappa shape index (κ1) is 19.0. The Morgan fingerprint density at radius 2 is 1.65 bits per heavy atom. The van der Waals surface area contributed by atoms with Crippen LogP contribution in [0, 0.1) is 0 Å². The molecule has 0 aromatic carbocycles. The van der Waals surface area contributed by atoms with Crippen molar-refractivity contribution in [3.05, 3.63) is 48.3 Å². The summed E-state index contributed by atoms with van der Waals surface area (Å²) in [5.41, 5.74) is 2.00. The second-order valence-electron chi connectivity index (χ2n) is 5.02. The minimum atomic E-state index is -0.848. The van der Waals surface area contributed by atoms with E-state index in [1.54, 1.807) is 31.9 Å². The second kappa shape index (κ2) is 10.6. The summed E-state index contributed by atoms with van der Waals surface area (Å²) in [4.78, 5) is 10.6. The molecule has 23 heavy (non-hydrogen) atoms. The summed E-state index contributed by atoms with van der Waals surface area (Å²) in [7, 11) is 3.46. The Morgan fingerprint density at radius 3 is 2.00 bits per heavy atom. The number of carboxylic acid groups (broad SMARTS) is 1. The number of carboxylic acids is 1. The maximum Gasteiger partial charge on any atom is 0.321 e. The summed E-state index contributed by atoms with van der Waals surface area (Å²) in [6.07, 6.45) is 7.67. The maximum atomic E-state index is 10.6. The lowest BCUT2D eigenvalue weighted by Crippen LogP contribution is -2.35. The van der Waals surface area contributed by atoms with Gasteiger partial charge in [-0.25, -0.2) is 0 Å². The molecule has 0 aliphatic carbocycles. The zero-order valence-corrected chi connectivity index (χ0v) is 13.4. The Balaban J connectivity index is 0.000000231. The first-order valence-corrected chi connectivity index (χ1v) is 7.31. The minimum Gasteiger partial charge on any atom is -0.480 e. The lowest BCUT2D eigenvalue weighted by Gasteiger charge is -2.10. The average molecular weight is 324 g/mol. The van der Waals surface area contributed by atoms with Crippen LogP contribution in [0.3, 0.4) is 0 Å². The molecule has 2 aromatic rings. The van der Waals surface area contributed by atoms with Crippen LogP contribution in [0.2, 0.25) is 0 Å². The summed E-state index contributed by atoms with van der Waals surface area (Å²) in [5, 5.41) is 23.2. The molecule has 0 unspecified atom stereocenters. The zero-order valence-electron chi connectivity index (χ0n) is 13.4. The highest BCUT2D eigenvalue weighted by Crippen LogP contribution is 2.04. The third kappa shape index (κ3) is 7.14. The van der Waals surface area contributed by atoms with Gasteiger partial charge in [0.1, 0.15) is 6.04 Å². The van der Waals surface area contributed by atoms with Crippen molar-refractivity contribution in [2.45, 2.75) is 24.9 Å². The number of aliphatic carboxylic acids is 1. The van der Waals surface area contributed by atoms with E-state index >= 15 is 0 Å². The largest absolute Gasteiger partial charge is 0.480 e. The fourth-order valence-corrected chi connectivity index (χ4v) is 1.91. The molecule has 0 fully saturated rings. The highest BCUT2D eigenvalue weighted by molar-refractivity contribution is 5.73. The van der Waals surface area contributed by atoms with E-state index in [0.29, 0.717) is 6.42 Å². The molecule has 0 aliphatic heterocycles. The number of hydrogen-bond acceptors (Lipinski definition) is 6. The first-order chi connectivity index (χ1) is 11.1. The number of carbonyl (C=O) groups is 1. The van der Waals surface area contributed by atoms with Gasteiger partial charge in [-0.1, -0.05) is 0 Å². The fourth-order valence-electron chi connectivity index (χ4n) is 1.91. The van der Waals surface area contributed by atoms with Crippen molar-refractivity contribution in [1.82, 2.24) is 10.6 Å². The second-order valence-corrected chi connectivity index (χ2v) is 5.02. The van der Waals surface area contributed by atoms with Gasteiger partial charge in [0, 0.05) is 12.5 Å². The van der Waals surface area contributed by atoms with Crippen LogP contribution in [0.15, 0.2) is 46.0 Å². The van der Waals surface area contributed by atoms with Crippen LogP contribution in [0.25, 0.3) is 0 Å². The molecule has 2 rings (SSSR count). The van der Waals surface area contributed by atoms with Crippen molar-refractivity contribution >= 4 is 5.97 Å². The number of furan rings is 2. The van der Waals surface area contributed by atoms with Gasteiger partial charge in [-0.3, -0.25) is 4.79 Å². The lowest BCUT2D eigenvalue weighted by atomic mass is 10.1. The zero-order chi connectivity index (χ0) is 17.1. The normalized spacial score (nSPS) is 13.0. The molecule has 7 heteroatoms. The van der Waals surface area contributed by atoms with Crippen LogP contribution in [0.4, 0.5) is 0 Å². The molecule has 0 amide bonds. The third-order valence-corrected chi connectivity index (χ3v) is 3.36. The van der Waals surface area contributed by atoms with Gasteiger partial charge in [0.15, 0.2) is 0 Å². The third-order valence-electron chi connectivity index (χ3n) is 3.36. The quantitative estimate of drug-likeness (QED) is 0.571. The summed E-state index contributed by atoms with van der Waals surface area (Å²) >= 11 is 0. The van der Waals surface area contributed by atoms with Crippen LogP contribution >= 0.6 is 0 Å². The highest BCUT2D eigenvalue weighted by Gasteiger charge is 2.15. The molecular weight excluding hydrogens is 300 g/mol. The van der Waals surface area contributed by atoms with E-state index in [1.807, 2.05) is 13.1 Å². The summed E-state index contributed by atoms with van der Waals surface area (Å²) in [5.74, 6) is -0.848. The van der Waals surface area contributed by atoms with Gasteiger partial charge in [-0.15, -0.1) is 0 Å². The van der Waals surface area contributed by atoms with Crippen LogP contribution in [0.1, 0.15) is 11.1 Å². The van der Waals surface area contributed by atoms with E-state index in [1.165, 1.54) is 6.26 Å². The van der Waals surface area contributed by atoms with Crippen LogP contribution in [0.5, 0.6) is 0 Å². The van der Waals surface area contributed by atoms with E-state index in [-0.39, 0.29) is 12.6 Å². The molecule has 4 N–H and O–H groups in total. The van der Waals surface area contributed by atoms with Crippen molar-refractivity contribution in [1.29, 1.82) is 0 Å². The van der Waals surface area contributed by atoms with E-state index in [4.69, 9.17) is 19.0 Å². The monoisotopic (exact) mass is 324 g/mol. The van der Waals surface area contributed by atoms with Gasteiger partial charge >= 0.3 is 5.97 Å². The van der Waals surface area contributed by atoms with Crippen molar-refractivity contribution in [2.75, 3.05) is 20.7 Å². The molecule has 2 heterocycles. The van der Waals surface area contributed by atoms with Crippen molar-refractivity contribution in [3.63, 3.8) is 0 Å². The maximum absolute atomic E-state index is 10.6. The molecule has 0 bridgehead atoms. The predicted molar refractivity (Wildman–Crippen MR) is 85.2 cm³/mol. The Bertz CT molecular complexity index is 521. The summed E-state index contributed by atoms with van der Waals surface area (Å²) in [6.45, 7) is 0.154. The average Bonchev–Trinajstić information content (AvgIpc) is 3.24. The predicted octanol–water partition coefficient (Wildman–Crippen LogP) is 0.897. The Hall–Kier alpha value is -2.09. The van der Waals surface area contributed by atoms with E-state index < -0.39 is 12.0 Å². The molecule has 0 aliphatic rings. The molecule has 0 spiro atoms. The molecule has 7 nitrogen and oxygen atoms in total. The number of rotatable bonds is 8. The SMILES string of the molecule is CN[C@@H](CO)Cc1ccoc1.CN[C@H](Cc1ccoc1)C(=O)O. The molecule has 2 aromatic heterocycles. The van der Waals surface area contributed by atoms with Crippen LogP contribution < -0.4 is 10.6 Å². The van der Waals surface area contributed by atoms with Crippen LogP contribution in [-0.2, 0) is 17.6 Å². The van der Waals surface area contributed by atoms with Gasteiger partial charge in [0.2, 0.25) is 0 Å². The standard InChI is InChI=1S/C8H11NO3.C8H13NO2/c1-9-7(8(10)11)4-6-2-3-12-5-6;1-9-8(5-10)4-7-2-3-11-6-7/h2-3,5,7,9H,4H2,1H3,(H,10,11);2-3,6,8-10H,4-5H2,1H3/t7-;8-/m11/s1. The lowest BCUT2D eigenvalue weighted by molar-refractivity contribution is -0.139. The molecule has 0 saturated heterocycles. The van der Waals surface area contributed by atoms with Gasteiger partial charge in [-0.2, -0.15) is 0 Å². The summed E-state index contributed by atoms with van der Waals surface area (Å²) < 4.78 is 9.71. The number of hydrogen-bond donors (Lipinski definition) is 4.